The van der Waals surface area contributed by atoms with Crippen molar-refractivity contribution in [3.63, 3.8) is 0 Å². The van der Waals surface area contributed by atoms with Crippen LogP contribution in [-0.4, -0.2) is 31.4 Å². The van der Waals surface area contributed by atoms with Crippen molar-refractivity contribution in [1.29, 1.82) is 0 Å². The molecule has 1 N–H and O–H groups in total. The molecule has 0 unspecified atom stereocenters. The Morgan fingerprint density at radius 3 is 2.20 bits per heavy atom. The van der Waals surface area contributed by atoms with Crippen LogP contribution < -0.4 is 10.2 Å². The summed E-state index contributed by atoms with van der Waals surface area (Å²) in [6.45, 7) is 7.54. The lowest BCUT2D eigenvalue weighted by atomic mass is 10.1. The summed E-state index contributed by atoms with van der Waals surface area (Å²) in [6.07, 6.45) is 1.50. The summed E-state index contributed by atoms with van der Waals surface area (Å²) in [5.74, 6) is 0.124. The molecule has 0 spiro atoms. The Bertz CT molecular complexity index is 1610. The van der Waals surface area contributed by atoms with Crippen LogP contribution in [0.15, 0.2) is 101 Å². The molecule has 0 aliphatic heterocycles. The molecule has 0 aliphatic rings. The SMILES string of the molecule is Cc1ccc(CN(CC(=O)N/N=C/c2cccc(OCc3ccccc3)c2)S(=O)(=O)c2c(C)cc(C)cc2C)cc1. The predicted molar refractivity (Wildman–Crippen MR) is 162 cm³/mol. The number of sulfonamides is 1. The maximum atomic E-state index is 13.9. The molecule has 4 rings (SSSR count). The van der Waals surface area contributed by atoms with Gasteiger partial charge in [-0.3, -0.25) is 4.79 Å². The first kappa shape index (κ1) is 29.7. The Kier molecular flexibility index (Phi) is 9.70. The van der Waals surface area contributed by atoms with Gasteiger partial charge in [0.15, 0.2) is 0 Å². The molecule has 41 heavy (non-hydrogen) atoms. The Hall–Kier alpha value is -4.27. The number of amides is 1. The fourth-order valence-electron chi connectivity index (χ4n) is 4.63. The second-order valence-electron chi connectivity index (χ2n) is 10.1. The summed E-state index contributed by atoms with van der Waals surface area (Å²) >= 11 is 0. The van der Waals surface area contributed by atoms with Gasteiger partial charge in [0.05, 0.1) is 17.7 Å². The highest BCUT2D eigenvalue weighted by Gasteiger charge is 2.30. The van der Waals surface area contributed by atoms with E-state index in [2.05, 4.69) is 10.5 Å². The van der Waals surface area contributed by atoms with Gasteiger partial charge >= 0.3 is 0 Å². The van der Waals surface area contributed by atoms with E-state index >= 15 is 0 Å². The van der Waals surface area contributed by atoms with Crippen molar-refractivity contribution < 1.29 is 17.9 Å². The fourth-order valence-corrected chi connectivity index (χ4v) is 6.42. The number of hydrogen-bond donors (Lipinski definition) is 1. The summed E-state index contributed by atoms with van der Waals surface area (Å²) in [5.41, 5.74) is 8.37. The van der Waals surface area contributed by atoms with Gasteiger partial charge in [0.1, 0.15) is 12.4 Å². The van der Waals surface area contributed by atoms with E-state index < -0.39 is 15.9 Å². The van der Waals surface area contributed by atoms with Crippen LogP contribution in [0.2, 0.25) is 0 Å². The zero-order valence-corrected chi connectivity index (χ0v) is 24.6. The molecule has 0 saturated heterocycles. The largest absolute Gasteiger partial charge is 0.489 e. The topological polar surface area (TPSA) is 88.1 Å². The Morgan fingerprint density at radius 1 is 0.829 bits per heavy atom. The molecule has 4 aromatic carbocycles. The first-order valence-electron chi connectivity index (χ1n) is 13.3. The van der Waals surface area contributed by atoms with Gasteiger partial charge in [-0.05, 0) is 67.6 Å². The van der Waals surface area contributed by atoms with E-state index in [4.69, 9.17) is 4.74 Å². The summed E-state index contributed by atoms with van der Waals surface area (Å²) in [6, 6.07) is 28.5. The number of carbonyl (C=O) groups excluding carboxylic acids is 1. The van der Waals surface area contributed by atoms with Crippen molar-refractivity contribution in [2.24, 2.45) is 5.10 Å². The van der Waals surface area contributed by atoms with E-state index in [1.807, 2.05) is 105 Å². The smallest absolute Gasteiger partial charge is 0.255 e. The van der Waals surface area contributed by atoms with Crippen molar-refractivity contribution in [3.8, 4) is 5.75 Å². The average molecular weight is 570 g/mol. The Labute approximate surface area is 242 Å². The maximum absolute atomic E-state index is 13.9. The normalized spacial score (nSPS) is 11.6. The lowest BCUT2D eigenvalue weighted by Gasteiger charge is -2.24. The first-order chi connectivity index (χ1) is 19.6. The summed E-state index contributed by atoms with van der Waals surface area (Å²) in [5, 5.41) is 4.07. The van der Waals surface area contributed by atoms with Crippen molar-refractivity contribution >= 4 is 22.1 Å². The summed E-state index contributed by atoms with van der Waals surface area (Å²) in [4.78, 5) is 13.2. The number of rotatable bonds is 11. The minimum absolute atomic E-state index is 0.0489. The van der Waals surface area contributed by atoms with Gasteiger partial charge in [-0.15, -0.1) is 0 Å². The first-order valence-corrected chi connectivity index (χ1v) is 14.8. The quantitative estimate of drug-likeness (QED) is 0.182. The minimum atomic E-state index is -3.99. The number of nitrogens with zero attached hydrogens (tertiary/aromatic N) is 2. The predicted octanol–water partition coefficient (Wildman–Crippen LogP) is 5.84. The van der Waals surface area contributed by atoms with Gasteiger partial charge in [0.25, 0.3) is 5.91 Å². The molecule has 7 nitrogen and oxygen atoms in total. The zero-order valence-electron chi connectivity index (χ0n) is 23.8. The van der Waals surface area contributed by atoms with Crippen LogP contribution in [0, 0.1) is 27.7 Å². The molecule has 0 bridgehead atoms. The number of hydrogen-bond acceptors (Lipinski definition) is 5. The van der Waals surface area contributed by atoms with Gasteiger partial charge < -0.3 is 4.74 Å². The van der Waals surface area contributed by atoms with Crippen molar-refractivity contribution in [2.45, 2.75) is 45.7 Å². The van der Waals surface area contributed by atoms with Crippen LogP contribution in [0.5, 0.6) is 5.75 Å². The average Bonchev–Trinajstić information content (AvgIpc) is 2.93. The third kappa shape index (κ3) is 8.13. The maximum Gasteiger partial charge on any atom is 0.255 e. The lowest BCUT2D eigenvalue weighted by molar-refractivity contribution is -0.121. The molecular weight excluding hydrogens is 534 g/mol. The van der Waals surface area contributed by atoms with E-state index in [1.165, 1.54) is 10.5 Å². The number of hydrazone groups is 1. The summed E-state index contributed by atoms with van der Waals surface area (Å²) in [7, 11) is -3.99. The molecule has 0 radical (unpaired) electrons. The number of benzene rings is 4. The van der Waals surface area contributed by atoms with Crippen molar-refractivity contribution in [3.05, 3.63) is 130 Å². The van der Waals surface area contributed by atoms with E-state index in [0.29, 0.717) is 23.5 Å². The van der Waals surface area contributed by atoms with Crippen LogP contribution >= 0.6 is 0 Å². The van der Waals surface area contributed by atoms with Gasteiger partial charge in [-0.2, -0.15) is 9.41 Å². The standard InChI is InChI=1S/C33H35N3O4S/c1-24-13-15-28(16-14-24)21-36(41(38,39)33-26(3)17-25(2)18-27(33)4)22-32(37)35-34-20-30-11-8-12-31(19-30)40-23-29-9-6-5-7-10-29/h5-20H,21-23H2,1-4H3,(H,35,37)/b34-20+. The molecule has 1 amide bonds. The molecule has 0 aliphatic carbocycles. The minimum Gasteiger partial charge on any atom is -0.489 e. The van der Waals surface area contributed by atoms with Crippen LogP contribution in [-0.2, 0) is 28.0 Å². The Morgan fingerprint density at radius 2 is 1.51 bits per heavy atom. The number of aryl methyl sites for hydroxylation is 4. The van der Waals surface area contributed by atoms with Crippen LogP contribution in [0.4, 0.5) is 0 Å². The molecular formula is C33H35N3O4S. The third-order valence-corrected chi connectivity index (χ3v) is 8.61. The molecule has 0 atom stereocenters. The van der Waals surface area contributed by atoms with E-state index in [0.717, 1.165) is 27.8 Å². The molecule has 212 valence electrons. The van der Waals surface area contributed by atoms with Crippen LogP contribution in [0.25, 0.3) is 0 Å². The fraction of sp³-hybridized carbons (Fsp3) is 0.212. The molecule has 0 saturated carbocycles. The zero-order chi connectivity index (χ0) is 29.4. The highest BCUT2D eigenvalue weighted by atomic mass is 32.2. The monoisotopic (exact) mass is 569 g/mol. The van der Waals surface area contributed by atoms with E-state index in [1.54, 1.807) is 13.8 Å². The van der Waals surface area contributed by atoms with Crippen LogP contribution in [0.3, 0.4) is 0 Å². The molecule has 0 fully saturated rings. The van der Waals surface area contributed by atoms with E-state index in [-0.39, 0.29) is 18.0 Å². The van der Waals surface area contributed by atoms with E-state index in [9.17, 15) is 13.2 Å². The third-order valence-electron chi connectivity index (χ3n) is 6.51. The number of ether oxygens (including phenoxy) is 1. The van der Waals surface area contributed by atoms with Crippen LogP contribution in [0.1, 0.15) is 38.9 Å². The lowest BCUT2D eigenvalue weighted by Crippen LogP contribution is -2.39. The second-order valence-corrected chi connectivity index (χ2v) is 12.0. The van der Waals surface area contributed by atoms with Crippen molar-refractivity contribution in [2.75, 3.05) is 6.54 Å². The molecule has 8 heteroatoms. The van der Waals surface area contributed by atoms with Gasteiger partial charge in [0.2, 0.25) is 10.0 Å². The molecule has 0 aromatic heterocycles. The van der Waals surface area contributed by atoms with Gasteiger partial charge in [-0.25, -0.2) is 13.8 Å². The van der Waals surface area contributed by atoms with Gasteiger partial charge in [0, 0.05) is 6.54 Å². The number of nitrogens with one attached hydrogen (secondary N) is 1. The highest BCUT2D eigenvalue weighted by Crippen LogP contribution is 2.26. The second kappa shape index (κ2) is 13.4. The molecule has 0 heterocycles. The Balaban J connectivity index is 1.48. The highest BCUT2D eigenvalue weighted by molar-refractivity contribution is 7.89. The van der Waals surface area contributed by atoms with Crippen molar-refractivity contribution in [1.82, 2.24) is 9.73 Å². The number of carbonyl (C=O) groups is 1. The summed E-state index contributed by atoms with van der Waals surface area (Å²) < 4.78 is 34.8. The molecule has 4 aromatic rings. The van der Waals surface area contributed by atoms with Gasteiger partial charge in [-0.1, -0.05) is 90.0 Å².